The molecule has 0 atom stereocenters. The highest BCUT2D eigenvalue weighted by molar-refractivity contribution is 7.99. The lowest BCUT2D eigenvalue weighted by Gasteiger charge is -2.11. The van der Waals surface area contributed by atoms with E-state index in [1.165, 1.54) is 22.9 Å². The molecule has 156 valence electrons. The molecule has 1 N–H and O–H groups in total. The van der Waals surface area contributed by atoms with Crippen molar-refractivity contribution in [1.29, 1.82) is 0 Å². The number of carbonyl (C=O) groups is 1. The third-order valence-corrected chi connectivity index (χ3v) is 5.76. The van der Waals surface area contributed by atoms with Crippen LogP contribution in [0.3, 0.4) is 0 Å². The Morgan fingerprint density at radius 2 is 1.77 bits per heavy atom. The SMILES string of the molecule is Cc1ccc(-n2c(SCC(=O)Nc3ccc(C)cc3C)nnc2-c2cccnc2)cc1. The summed E-state index contributed by atoms with van der Waals surface area (Å²) in [6.45, 7) is 6.07. The van der Waals surface area contributed by atoms with E-state index in [-0.39, 0.29) is 11.7 Å². The van der Waals surface area contributed by atoms with E-state index in [9.17, 15) is 4.79 Å². The first kappa shape index (κ1) is 20.8. The van der Waals surface area contributed by atoms with Gasteiger partial charge in [-0.15, -0.1) is 10.2 Å². The zero-order valence-corrected chi connectivity index (χ0v) is 18.5. The molecule has 0 radical (unpaired) electrons. The summed E-state index contributed by atoms with van der Waals surface area (Å²) >= 11 is 1.35. The molecule has 2 aromatic heterocycles. The number of anilines is 1. The van der Waals surface area contributed by atoms with Crippen LogP contribution in [-0.2, 0) is 4.79 Å². The minimum atomic E-state index is -0.0849. The molecule has 0 fully saturated rings. The van der Waals surface area contributed by atoms with E-state index in [2.05, 4.69) is 26.6 Å². The van der Waals surface area contributed by atoms with Gasteiger partial charge in [0.1, 0.15) is 0 Å². The third-order valence-electron chi connectivity index (χ3n) is 4.83. The van der Waals surface area contributed by atoms with E-state index in [0.717, 1.165) is 22.5 Å². The molecule has 0 unspecified atom stereocenters. The predicted molar refractivity (Wildman–Crippen MR) is 125 cm³/mol. The van der Waals surface area contributed by atoms with Crippen molar-refractivity contribution in [2.45, 2.75) is 25.9 Å². The van der Waals surface area contributed by atoms with Crippen molar-refractivity contribution in [1.82, 2.24) is 19.7 Å². The average molecular weight is 430 g/mol. The number of pyridine rings is 1. The second-order valence-electron chi connectivity index (χ2n) is 7.37. The number of rotatable bonds is 6. The number of nitrogens with one attached hydrogen (secondary N) is 1. The van der Waals surface area contributed by atoms with Gasteiger partial charge in [-0.1, -0.05) is 47.2 Å². The summed E-state index contributed by atoms with van der Waals surface area (Å²) in [4.78, 5) is 16.8. The van der Waals surface area contributed by atoms with Crippen LogP contribution in [0.2, 0.25) is 0 Å². The van der Waals surface area contributed by atoms with Crippen molar-refractivity contribution >= 4 is 23.4 Å². The number of aryl methyl sites for hydroxylation is 3. The van der Waals surface area contributed by atoms with Gasteiger partial charge in [-0.25, -0.2) is 0 Å². The van der Waals surface area contributed by atoms with Crippen LogP contribution in [0.1, 0.15) is 16.7 Å². The van der Waals surface area contributed by atoms with Gasteiger partial charge in [-0.2, -0.15) is 0 Å². The Morgan fingerprint density at radius 3 is 2.48 bits per heavy atom. The summed E-state index contributed by atoms with van der Waals surface area (Å²) in [6, 6.07) is 17.9. The minimum absolute atomic E-state index is 0.0849. The maximum atomic E-state index is 12.6. The van der Waals surface area contributed by atoms with Crippen molar-refractivity contribution in [3.63, 3.8) is 0 Å². The van der Waals surface area contributed by atoms with Gasteiger partial charge in [-0.3, -0.25) is 14.3 Å². The fourth-order valence-corrected chi connectivity index (χ4v) is 3.99. The Kier molecular flexibility index (Phi) is 6.13. The lowest BCUT2D eigenvalue weighted by atomic mass is 10.1. The average Bonchev–Trinajstić information content (AvgIpc) is 3.19. The van der Waals surface area contributed by atoms with Crippen molar-refractivity contribution in [2.24, 2.45) is 0 Å². The van der Waals surface area contributed by atoms with Crippen LogP contribution in [0, 0.1) is 20.8 Å². The summed E-state index contributed by atoms with van der Waals surface area (Å²) in [5.41, 5.74) is 6.00. The van der Waals surface area contributed by atoms with Crippen molar-refractivity contribution in [3.8, 4) is 17.1 Å². The highest BCUT2D eigenvalue weighted by Gasteiger charge is 2.17. The van der Waals surface area contributed by atoms with Crippen LogP contribution in [0.15, 0.2) is 72.1 Å². The van der Waals surface area contributed by atoms with E-state index >= 15 is 0 Å². The first-order chi connectivity index (χ1) is 15.0. The number of carbonyl (C=O) groups excluding carboxylic acids is 1. The van der Waals surface area contributed by atoms with Crippen LogP contribution in [0.25, 0.3) is 17.1 Å². The van der Waals surface area contributed by atoms with Crippen LogP contribution in [0.5, 0.6) is 0 Å². The highest BCUT2D eigenvalue weighted by atomic mass is 32.2. The Balaban J connectivity index is 1.58. The molecule has 4 rings (SSSR count). The van der Waals surface area contributed by atoms with E-state index in [0.29, 0.717) is 11.0 Å². The Labute approximate surface area is 185 Å². The summed E-state index contributed by atoms with van der Waals surface area (Å²) < 4.78 is 1.96. The predicted octanol–water partition coefficient (Wildman–Crippen LogP) is 4.99. The van der Waals surface area contributed by atoms with Gasteiger partial charge in [-0.05, 0) is 56.7 Å². The second-order valence-corrected chi connectivity index (χ2v) is 8.32. The monoisotopic (exact) mass is 429 g/mol. The molecule has 4 aromatic rings. The quantitative estimate of drug-likeness (QED) is 0.437. The Morgan fingerprint density at radius 1 is 1.00 bits per heavy atom. The van der Waals surface area contributed by atoms with Crippen LogP contribution in [-0.4, -0.2) is 31.4 Å². The Bertz CT molecular complexity index is 1200. The lowest BCUT2D eigenvalue weighted by Crippen LogP contribution is -2.15. The molecule has 0 bridgehead atoms. The number of aromatic nitrogens is 4. The maximum absolute atomic E-state index is 12.6. The first-order valence-electron chi connectivity index (χ1n) is 9.94. The standard InChI is InChI=1S/C24H23N5OS/c1-16-6-9-20(10-7-16)29-23(19-5-4-12-25-14-19)27-28-24(29)31-15-22(30)26-21-11-8-17(2)13-18(21)3/h4-14H,15H2,1-3H3,(H,26,30). The summed E-state index contributed by atoms with van der Waals surface area (Å²) in [6.07, 6.45) is 3.49. The fourth-order valence-electron chi connectivity index (χ4n) is 3.24. The molecular formula is C24H23N5OS. The molecular weight excluding hydrogens is 406 g/mol. The zero-order chi connectivity index (χ0) is 21.8. The number of hydrogen-bond donors (Lipinski definition) is 1. The molecule has 0 aliphatic rings. The van der Waals surface area contributed by atoms with Gasteiger partial charge < -0.3 is 5.32 Å². The van der Waals surface area contributed by atoms with Gasteiger partial charge in [0.2, 0.25) is 5.91 Å². The van der Waals surface area contributed by atoms with Gasteiger partial charge in [0.05, 0.1) is 5.75 Å². The van der Waals surface area contributed by atoms with Gasteiger partial charge in [0, 0.05) is 29.3 Å². The molecule has 0 aliphatic carbocycles. The zero-order valence-electron chi connectivity index (χ0n) is 17.7. The maximum Gasteiger partial charge on any atom is 0.234 e. The number of thioether (sulfide) groups is 1. The number of nitrogens with zero attached hydrogens (tertiary/aromatic N) is 4. The topological polar surface area (TPSA) is 72.7 Å². The molecule has 31 heavy (non-hydrogen) atoms. The first-order valence-corrected chi connectivity index (χ1v) is 10.9. The normalized spacial score (nSPS) is 10.8. The molecule has 0 spiro atoms. The minimum Gasteiger partial charge on any atom is -0.325 e. The molecule has 0 aliphatic heterocycles. The number of benzene rings is 2. The summed E-state index contributed by atoms with van der Waals surface area (Å²) in [5.74, 6) is 0.831. The summed E-state index contributed by atoms with van der Waals surface area (Å²) in [7, 11) is 0. The van der Waals surface area contributed by atoms with Crippen molar-refractivity contribution in [3.05, 3.63) is 83.7 Å². The highest BCUT2D eigenvalue weighted by Crippen LogP contribution is 2.28. The van der Waals surface area contributed by atoms with Crippen molar-refractivity contribution < 1.29 is 4.79 Å². The van der Waals surface area contributed by atoms with Crippen LogP contribution >= 0.6 is 11.8 Å². The van der Waals surface area contributed by atoms with Gasteiger partial charge in [0.15, 0.2) is 11.0 Å². The summed E-state index contributed by atoms with van der Waals surface area (Å²) in [5, 5.41) is 12.4. The Hall–Kier alpha value is -3.45. The molecule has 6 nitrogen and oxygen atoms in total. The van der Waals surface area contributed by atoms with Crippen molar-refractivity contribution in [2.75, 3.05) is 11.1 Å². The second kappa shape index (κ2) is 9.14. The fraction of sp³-hybridized carbons (Fsp3) is 0.167. The number of amides is 1. The third kappa shape index (κ3) is 4.83. The van der Waals surface area contributed by atoms with E-state index < -0.39 is 0 Å². The molecule has 2 aromatic carbocycles. The lowest BCUT2D eigenvalue weighted by molar-refractivity contribution is -0.113. The molecule has 0 saturated heterocycles. The van der Waals surface area contributed by atoms with Crippen LogP contribution < -0.4 is 5.32 Å². The number of hydrogen-bond acceptors (Lipinski definition) is 5. The van der Waals surface area contributed by atoms with E-state index in [1.54, 1.807) is 12.4 Å². The van der Waals surface area contributed by atoms with Gasteiger partial charge >= 0.3 is 0 Å². The molecule has 0 saturated carbocycles. The molecule has 1 amide bonds. The largest absolute Gasteiger partial charge is 0.325 e. The van der Waals surface area contributed by atoms with E-state index in [1.807, 2.05) is 73.9 Å². The van der Waals surface area contributed by atoms with Gasteiger partial charge in [0.25, 0.3) is 0 Å². The smallest absolute Gasteiger partial charge is 0.234 e. The molecule has 7 heteroatoms. The molecule has 2 heterocycles. The van der Waals surface area contributed by atoms with Crippen LogP contribution in [0.4, 0.5) is 5.69 Å². The van der Waals surface area contributed by atoms with E-state index in [4.69, 9.17) is 0 Å².